The van der Waals surface area contributed by atoms with Gasteiger partial charge in [0.1, 0.15) is 5.75 Å². The lowest BCUT2D eigenvalue weighted by molar-refractivity contribution is -0.126. The number of amides is 2. The molecule has 4 rings (SSSR count). The number of hydrogen-bond acceptors (Lipinski definition) is 6. The lowest BCUT2D eigenvalue weighted by Crippen LogP contribution is -2.44. The van der Waals surface area contributed by atoms with Crippen molar-refractivity contribution in [3.05, 3.63) is 17.7 Å². The number of piperidine rings is 1. The number of carbonyl (C=O) groups is 2. The number of benzene rings is 1. The van der Waals surface area contributed by atoms with Gasteiger partial charge in [-0.25, -0.2) is 8.42 Å². The normalized spacial score (nSPS) is 22.9. The third kappa shape index (κ3) is 5.55. The Hall–Kier alpha value is -2.17. The smallest absolute Gasteiger partial charge is 0.265 e. The maximum absolute atomic E-state index is 13.4. The highest BCUT2D eigenvalue weighted by atomic mass is 32.2. The van der Waals surface area contributed by atoms with Gasteiger partial charge >= 0.3 is 0 Å². The maximum Gasteiger partial charge on any atom is 0.265 e. The Morgan fingerprint density at radius 1 is 1.12 bits per heavy atom. The summed E-state index contributed by atoms with van der Waals surface area (Å²) in [6.45, 7) is 7.65. The summed E-state index contributed by atoms with van der Waals surface area (Å²) in [5, 5.41) is 5.80. The van der Waals surface area contributed by atoms with E-state index in [0.29, 0.717) is 49.5 Å². The number of nitrogens with one attached hydrogen (secondary N) is 2. The number of likely N-dealkylation sites (tertiary alicyclic amines) is 1. The molecule has 3 heterocycles. The summed E-state index contributed by atoms with van der Waals surface area (Å²) in [6, 6.07) is 3.13. The molecule has 2 fully saturated rings. The first-order valence-corrected chi connectivity index (χ1v) is 13.8. The molecule has 1 atom stereocenters. The molecule has 10 heteroatoms. The van der Waals surface area contributed by atoms with E-state index in [1.165, 1.54) is 36.1 Å². The summed E-state index contributed by atoms with van der Waals surface area (Å²) in [7, 11) is -3.74. The van der Waals surface area contributed by atoms with Crippen molar-refractivity contribution in [2.75, 3.05) is 44.6 Å². The fraction of sp³-hybridized carbons (Fsp3) is 0.667. The number of ether oxygens (including phenoxy) is 1. The van der Waals surface area contributed by atoms with Crippen LogP contribution in [0, 0.1) is 12.8 Å². The Morgan fingerprint density at radius 2 is 1.79 bits per heavy atom. The molecular formula is C24H36N4O5S. The monoisotopic (exact) mass is 492 g/mol. The van der Waals surface area contributed by atoms with Crippen molar-refractivity contribution >= 4 is 27.5 Å². The molecule has 3 aliphatic rings. The molecule has 34 heavy (non-hydrogen) atoms. The van der Waals surface area contributed by atoms with Gasteiger partial charge in [0.2, 0.25) is 15.9 Å². The van der Waals surface area contributed by atoms with Gasteiger partial charge in [0.15, 0.2) is 6.10 Å². The van der Waals surface area contributed by atoms with Gasteiger partial charge in [-0.2, -0.15) is 4.31 Å². The molecule has 2 N–H and O–H groups in total. The molecule has 0 spiro atoms. The zero-order chi connectivity index (χ0) is 24.3. The predicted octanol–water partition coefficient (Wildman–Crippen LogP) is 2.11. The Morgan fingerprint density at radius 3 is 2.47 bits per heavy atom. The highest BCUT2D eigenvalue weighted by Crippen LogP contribution is 2.36. The number of fused-ring (bicyclic) bond motifs is 1. The average Bonchev–Trinajstić information content (AvgIpc) is 3.08. The lowest BCUT2D eigenvalue weighted by Gasteiger charge is -2.32. The van der Waals surface area contributed by atoms with Crippen LogP contribution < -0.4 is 15.4 Å². The Kier molecular flexibility index (Phi) is 7.79. The Balaban J connectivity index is 1.32. The van der Waals surface area contributed by atoms with Crippen LogP contribution in [-0.4, -0.2) is 74.8 Å². The first-order valence-electron chi connectivity index (χ1n) is 12.4. The van der Waals surface area contributed by atoms with E-state index in [0.717, 1.165) is 19.6 Å². The SMILES string of the molecule is Cc1cc2c(cc1S(=O)(=O)N1CCC(C(=O)NCCN3CCCCCC3)CC1)O[C@H](C)C(=O)N2. The average molecular weight is 493 g/mol. The quantitative estimate of drug-likeness (QED) is 0.630. The number of carbonyl (C=O) groups excluding carboxylic acids is 2. The van der Waals surface area contributed by atoms with E-state index in [-0.39, 0.29) is 22.6 Å². The Bertz CT molecular complexity index is 1010. The number of rotatable bonds is 6. The molecule has 9 nitrogen and oxygen atoms in total. The predicted molar refractivity (Wildman–Crippen MR) is 129 cm³/mol. The summed E-state index contributed by atoms with van der Waals surface area (Å²) in [5.41, 5.74) is 1.03. The van der Waals surface area contributed by atoms with Crippen molar-refractivity contribution in [3.8, 4) is 5.75 Å². The minimum atomic E-state index is -3.74. The van der Waals surface area contributed by atoms with Crippen LogP contribution in [0.3, 0.4) is 0 Å². The standard InChI is InChI=1S/C24H36N4O5S/c1-17-15-20-21(33-18(2)23(29)26-20)16-22(17)34(31,32)28-12-7-19(8-13-28)24(30)25-9-14-27-10-5-3-4-6-11-27/h15-16,18-19H,3-14H2,1-2H3,(H,25,30)(H,26,29)/t18-/m1/s1. The van der Waals surface area contributed by atoms with Gasteiger partial charge in [0.25, 0.3) is 5.91 Å². The van der Waals surface area contributed by atoms with Gasteiger partial charge in [0, 0.05) is 38.2 Å². The van der Waals surface area contributed by atoms with Crippen molar-refractivity contribution < 1.29 is 22.7 Å². The van der Waals surface area contributed by atoms with Crippen LogP contribution in [0.2, 0.25) is 0 Å². The number of nitrogens with zero attached hydrogens (tertiary/aromatic N) is 2. The van der Waals surface area contributed by atoms with Crippen LogP contribution >= 0.6 is 0 Å². The highest BCUT2D eigenvalue weighted by molar-refractivity contribution is 7.89. The van der Waals surface area contributed by atoms with E-state index in [2.05, 4.69) is 15.5 Å². The van der Waals surface area contributed by atoms with Gasteiger partial charge in [0.05, 0.1) is 10.6 Å². The molecule has 1 aromatic carbocycles. The summed E-state index contributed by atoms with van der Waals surface area (Å²) < 4.78 is 33.8. The lowest BCUT2D eigenvalue weighted by atomic mass is 9.97. The zero-order valence-corrected chi connectivity index (χ0v) is 21.0. The van der Waals surface area contributed by atoms with Gasteiger partial charge in [-0.05, 0) is 64.3 Å². The van der Waals surface area contributed by atoms with Gasteiger partial charge < -0.3 is 20.3 Å². The van der Waals surface area contributed by atoms with Gasteiger partial charge in [-0.15, -0.1) is 0 Å². The molecule has 0 aromatic heterocycles. The van der Waals surface area contributed by atoms with E-state index in [9.17, 15) is 18.0 Å². The minimum absolute atomic E-state index is 0.0231. The second-order valence-corrected chi connectivity index (χ2v) is 11.5. The van der Waals surface area contributed by atoms with Crippen molar-refractivity contribution in [3.63, 3.8) is 0 Å². The molecule has 2 saturated heterocycles. The third-order valence-corrected chi connectivity index (χ3v) is 9.12. The molecule has 0 aliphatic carbocycles. The molecule has 0 unspecified atom stereocenters. The van der Waals surface area contributed by atoms with Crippen molar-refractivity contribution in [2.24, 2.45) is 5.92 Å². The highest BCUT2D eigenvalue weighted by Gasteiger charge is 2.34. The first-order chi connectivity index (χ1) is 16.3. The first kappa shape index (κ1) is 24.9. The number of sulfonamides is 1. The largest absolute Gasteiger partial charge is 0.479 e. The topological polar surface area (TPSA) is 108 Å². The fourth-order valence-corrected chi connectivity index (χ4v) is 6.65. The summed E-state index contributed by atoms with van der Waals surface area (Å²) in [6.07, 6.45) is 5.36. The number of anilines is 1. The van der Waals surface area contributed by atoms with E-state index in [1.807, 2.05) is 0 Å². The summed E-state index contributed by atoms with van der Waals surface area (Å²) in [5.74, 6) is -0.0428. The number of aryl methyl sites for hydroxylation is 1. The van der Waals surface area contributed by atoms with Crippen molar-refractivity contribution in [2.45, 2.75) is 63.4 Å². The minimum Gasteiger partial charge on any atom is -0.479 e. The molecule has 0 saturated carbocycles. The van der Waals surface area contributed by atoms with Crippen LogP contribution in [-0.2, 0) is 19.6 Å². The van der Waals surface area contributed by atoms with Crippen LogP contribution in [0.5, 0.6) is 5.75 Å². The second-order valence-electron chi connectivity index (χ2n) is 9.59. The van der Waals surface area contributed by atoms with Gasteiger partial charge in [-0.3, -0.25) is 9.59 Å². The molecule has 188 valence electrons. The molecule has 1 aromatic rings. The van der Waals surface area contributed by atoms with Gasteiger partial charge in [-0.1, -0.05) is 12.8 Å². The van der Waals surface area contributed by atoms with E-state index in [1.54, 1.807) is 19.9 Å². The number of hydrogen-bond donors (Lipinski definition) is 2. The summed E-state index contributed by atoms with van der Waals surface area (Å²) in [4.78, 5) is 27.1. The molecular weight excluding hydrogens is 456 g/mol. The second kappa shape index (κ2) is 10.6. The van der Waals surface area contributed by atoms with Crippen molar-refractivity contribution in [1.29, 1.82) is 0 Å². The maximum atomic E-state index is 13.4. The zero-order valence-electron chi connectivity index (χ0n) is 20.1. The van der Waals surface area contributed by atoms with Crippen LogP contribution in [0.4, 0.5) is 5.69 Å². The Labute approximate surface area is 202 Å². The third-order valence-electron chi connectivity index (χ3n) is 7.08. The molecule has 0 bridgehead atoms. The van der Waals surface area contributed by atoms with Crippen LogP contribution in [0.25, 0.3) is 0 Å². The van der Waals surface area contributed by atoms with Crippen LogP contribution in [0.1, 0.15) is 51.0 Å². The van der Waals surface area contributed by atoms with E-state index >= 15 is 0 Å². The molecule has 0 radical (unpaired) electrons. The summed E-state index contributed by atoms with van der Waals surface area (Å²) >= 11 is 0. The molecule has 2 amide bonds. The fourth-order valence-electron chi connectivity index (χ4n) is 4.96. The van der Waals surface area contributed by atoms with Crippen LogP contribution in [0.15, 0.2) is 17.0 Å². The van der Waals surface area contributed by atoms with E-state index in [4.69, 9.17) is 4.74 Å². The molecule has 3 aliphatic heterocycles. The van der Waals surface area contributed by atoms with E-state index < -0.39 is 16.1 Å². The van der Waals surface area contributed by atoms with Crippen molar-refractivity contribution in [1.82, 2.24) is 14.5 Å².